The van der Waals surface area contributed by atoms with Gasteiger partial charge in [-0.2, -0.15) is 0 Å². The predicted molar refractivity (Wildman–Crippen MR) is 95.6 cm³/mol. The van der Waals surface area contributed by atoms with Crippen LogP contribution in [0.2, 0.25) is 0 Å². The van der Waals surface area contributed by atoms with Gasteiger partial charge in [0.15, 0.2) is 11.5 Å². The summed E-state index contributed by atoms with van der Waals surface area (Å²) in [7, 11) is 0. The Kier molecular flexibility index (Phi) is 3.58. The Morgan fingerprint density at radius 3 is 2.27 bits per heavy atom. The maximum atomic E-state index is 11.5. The fraction of sp³-hybridized carbons (Fsp3) is 0. The number of ether oxygens (including phenoxy) is 1. The van der Waals surface area contributed by atoms with Crippen molar-refractivity contribution in [1.82, 2.24) is 0 Å². The number of anilines is 2. The first kappa shape index (κ1) is 15.7. The number of benzene rings is 3. The summed E-state index contributed by atoms with van der Waals surface area (Å²) in [6, 6.07) is 17.7. The van der Waals surface area contributed by atoms with E-state index >= 15 is 0 Å². The highest BCUT2D eigenvalue weighted by atomic mass is 16.5. The third-order valence-electron chi connectivity index (χ3n) is 4.15. The topological polar surface area (TPSA) is 95.9 Å². The quantitative estimate of drug-likeness (QED) is 0.501. The summed E-state index contributed by atoms with van der Waals surface area (Å²) in [4.78, 5) is 22.8. The van der Waals surface area contributed by atoms with Gasteiger partial charge in [0.1, 0.15) is 0 Å². The first-order chi connectivity index (χ1) is 12.5. The molecule has 128 valence electrons. The Bertz CT molecular complexity index is 1040. The van der Waals surface area contributed by atoms with Gasteiger partial charge in [-0.05, 0) is 35.4 Å². The van der Waals surface area contributed by atoms with Crippen molar-refractivity contribution in [3.63, 3.8) is 0 Å². The van der Waals surface area contributed by atoms with Gasteiger partial charge in [-0.15, -0.1) is 0 Å². The van der Waals surface area contributed by atoms with Gasteiger partial charge in [0, 0.05) is 0 Å². The maximum Gasteiger partial charge on any atom is 0.337 e. The second kappa shape index (κ2) is 5.93. The van der Waals surface area contributed by atoms with E-state index in [1.165, 1.54) is 6.07 Å². The molecule has 0 spiro atoms. The number of fused-ring (bicyclic) bond motifs is 2. The van der Waals surface area contributed by atoms with E-state index in [0.717, 1.165) is 17.2 Å². The Morgan fingerprint density at radius 2 is 1.58 bits per heavy atom. The number of carboxylic acids is 2. The molecule has 1 aliphatic rings. The summed E-state index contributed by atoms with van der Waals surface area (Å²) in [5, 5.41) is 21.6. The molecule has 0 fully saturated rings. The number of carboxylic acid groups (broad SMARTS) is 2. The van der Waals surface area contributed by atoms with Crippen LogP contribution in [0.5, 0.6) is 11.5 Å². The van der Waals surface area contributed by atoms with Gasteiger partial charge in [-0.1, -0.05) is 36.4 Å². The van der Waals surface area contributed by atoms with E-state index in [1.807, 2.05) is 42.5 Å². The number of rotatable bonds is 3. The lowest BCUT2D eigenvalue weighted by atomic mass is 10.0. The first-order valence-electron chi connectivity index (χ1n) is 7.82. The van der Waals surface area contributed by atoms with E-state index in [0.29, 0.717) is 11.4 Å². The zero-order valence-corrected chi connectivity index (χ0v) is 13.4. The van der Waals surface area contributed by atoms with Crippen LogP contribution in [0.4, 0.5) is 11.4 Å². The van der Waals surface area contributed by atoms with E-state index in [1.54, 1.807) is 6.07 Å². The molecule has 4 rings (SSSR count). The fourth-order valence-electron chi connectivity index (χ4n) is 2.89. The molecule has 3 N–H and O–H groups in total. The van der Waals surface area contributed by atoms with Gasteiger partial charge < -0.3 is 20.3 Å². The van der Waals surface area contributed by atoms with Gasteiger partial charge >= 0.3 is 11.9 Å². The predicted octanol–water partition coefficient (Wildman–Crippen LogP) is 4.60. The van der Waals surface area contributed by atoms with Crippen molar-refractivity contribution in [3.8, 4) is 22.6 Å². The molecule has 3 aromatic carbocycles. The van der Waals surface area contributed by atoms with Crippen LogP contribution in [-0.2, 0) is 0 Å². The van der Waals surface area contributed by atoms with Crippen LogP contribution in [-0.4, -0.2) is 22.2 Å². The monoisotopic (exact) mass is 347 g/mol. The fourth-order valence-corrected chi connectivity index (χ4v) is 2.89. The number of hydrogen-bond acceptors (Lipinski definition) is 4. The summed E-state index contributed by atoms with van der Waals surface area (Å²) in [5.74, 6) is -1.79. The SMILES string of the molecule is O=C(O)c1cc2c(c(C(=O)O)c1)Nc1ccc(-c3ccccc3)cc1O2. The summed E-state index contributed by atoms with van der Waals surface area (Å²) in [6.07, 6.45) is 0. The molecular formula is C20H13NO5. The van der Waals surface area contributed by atoms with Crippen LogP contribution in [0.1, 0.15) is 20.7 Å². The molecular weight excluding hydrogens is 334 g/mol. The maximum absolute atomic E-state index is 11.5. The first-order valence-corrected chi connectivity index (χ1v) is 7.82. The van der Waals surface area contributed by atoms with Crippen molar-refractivity contribution in [3.05, 3.63) is 71.8 Å². The Hall–Kier alpha value is -3.80. The van der Waals surface area contributed by atoms with E-state index in [-0.39, 0.29) is 22.6 Å². The standard InChI is InChI=1S/C20H13NO5/c22-19(23)13-8-14(20(24)25)18-17(10-13)26-16-9-12(6-7-15(16)21-18)11-4-2-1-3-5-11/h1-10,21H,(H,22,23)(H,24,25). The minimum absolute atomic E-state index is 0.148. The van der Waals surface area contributed by atoms with Crippen molar-refractivity contribution in [2.75, 3.05) is 5.32 Å². The third-order valence-corrected chi connectivity index (χ3v) is 4.15. The molecule has 6 nitrogen and oxygen atoms in total. The molecule has 1 aliphatic heterocycles. The molecule has 0 unspecified atom stereocenters. The second-order valence-corrected chi connectivity index (χ2v) is 5.81. The van der Waals surface area contributed by atoms with Crippen LogP contribution >= 0.6 is 0 Å². The summed E-state index contributed by atoms with van der Waals surface area (Å²) < 4.78 is 5.83. The molecule has 6 heteroatoms. The molecule has 0 saturated carbocycles. The molecule has 0 amide bonds. The lowest BCUT2D eigenvalue weighted by Crippen LogP contribution is -2.11. The van der Waals surface area contributed by atoms with E-state index in [9.17, 15) is 19.8 Å². The van der Waals surface area contributed by atoms with Crippen LogP contribution in [0.25, 0.3) is 11.1 Å². The zero-order chi connectivity index (χ0) is 18.3. The molecule has 0 aromatic heterocycles. The van der Waals surface area contributed by atoms with Crippen molar-refractivity contribution in [2.24, 2.45) is 0 Å². The van der Waals surface area contributed by atoms with E-state index < -0.39 is 11.9 Å². The Morgan fingerprint density at radius 1 is 0.808 bits per heavy atom. The van der Waals surface area contributed by atoms with Crippen molar-refractivity contribution >= 4 is 23.3 Å². The molecule has 1 heterocycles. The highest BCUT2D eigenvalue weighted by Crippen LogP contribution is 2.45. The molecule has 0 radical (unpaired) electrons. The number of aromatic carboxylic acids is 2. The Balaban J connectivity index is 1.80. The zero-order valence-electron chi connectivity index (χ0n) is 13.4. The largest absolute Gasteiger partial charge is 0.478 e. The average Bonchev–Trinajstić information content (AvgIpc) is 2.65. The van der Waals surface area contributed by atoms with Crippen LogP contribution in [0.3, 0.4) is 0 Å². The summed E-state index contributed by atoms with van der Waals surface area (Å²) >= 11 is 0. The van der Waals surface area contributed by atoms with Crippen LogP contribution in [0, 0.1) is 0 Å². The molecule has 0 atom stereocenters. The highest BCUT2D eigenvalue weighted by molar-refractivity contribution is 6.02. The van der Waals surface area contributed by atoms with Crippen molar-refractivity contribution in [2.45, 2.75) is 0 Å². The van der Waals surface area contributed by atoms with Gasteiger partial charge in [-0.25, -0.2) is 9.59 Å². The smallest absolute Gasteiger partial charge is 0.337 e. The minimum atomic E-state index is -1.23. The van der Waals surface area contributed by atoms with Gasteiger partial charge in [-0.3, -0.25) is 0 Å². The molecule has 0 bridgehead atoms. The third kappa shape index (κ3) is 2.63. The Labute approximate surface area is 148 Å². The van der Waals surface area contributed by atoms with Crippen molar-refractivity contribution < 1.29 is 24.5 Å². The molecule has 0 saturated heterocycles. The van der Waals surface area contributed by atoms with Gasteiger partial charge in [0.25, 0.3) is 0 Å². The highest BCUT2D eigenvalue weighted by Gasteiger charge is 2.25. The summed E-state index contributed by atoms with van der Waals surface area (Å²) in [5.41, 5.74) is 2.49. The lowest BCUT2D eigenvalue weighted by molar-refractivity contribution is 0.0696. The van der Waals surface area contributed by atoms with E-state index in [2.05, 4.69) is 5.32 Å². The molecule has 3 aromatic rings. The summed E-state index contributed by atoms with van der Waals surface area (Å²) in [6.45, 7) is 0. The number of carbonyl (C=O) groups is 2. The van der Waals surface area contributed by atoms with Gasteiger partial charge in [0.05, 0.1) is 22.5 Å². The van der Waals surface area contributed by atoms with E-state index in [4.69, 9.17) is 4.74 Å². The number of hydrogen-bond donors (Lipinski definition) is 3. The van der Waals surface area contributed by atoms with Crippen LogP contribution in [0.15, 0.2) is 60.7 Å². The van der Waals surface area contributed by atoms with Gasteiger partial charge in [0.2, 0.25) is 0 Å². The van der Waals surface area contributed by atoms with Crippen molar-refractivity contribution in [1.29, 1.82) is 0 Å². The average molecular weight is 347 g/mol. The molecule has 0 aliphatic carbocycles. The van der Waals surface area contributed by atoms with Crippen LogP contribution < -0.4 is 10.1 Å². The second-order valence-electron chi connectivity index (χ2n) is 5.81. The minimum Gasteiger partial charge on any atom is -0.478 e. The molecule has 26 heavy (non-hydrogen) atoms. The lowest BCUT2D eigenvalue weighted by Gasteiger charge is -2.24. The normalized spacial score (nSPS) is 11.5. The number of nitrogens with one attached hydrogen (secondary N) is 1.